The fourth-order valence-electron chi connectivity index (χ4n) is 2.27. The highest BCUT2D eigenvalue weighted by atomic mass is 19.1. The molecular formula is C21H17FN2O3. The maximum atomic E-state index is 12.9. The lowest BCUT2D eigenvalue weighted by Crippen LogP contribution is -2.17. The summed E-state index contributed by atoms with van der Waals surface area (Å²) < 4.78 is 18.6. The Morgan fingerprint density at radius 3 is 2.56 bits per heavy atom. The second-order valence-corrected chi connectivity index (χ2v) is 5.73. The summed E-state index contributed by atoms with van der Waals surface area (Å²) in [5.41, 5.74) is 4.42. The molecule has 136 valence electrons. The van der Waals surface area contributed by atoms with Crippen molar-refractivity contribution in [3.8, 4) is 11.5 Å². The Bertz CT molecular complexity index is 938. The minimum absolute atomic E-state index is 0.0903. The third kappa shape index (κ3) is 5.40. The van der Waals surface area contributed by atoms with Crippen molar-refractivity contribution in [1.82, 2.24) is 5.43 Å². The lowest BCUT2D eigenvalue weighted by molar-refractivity contribution is 0.0955. The highest BCUT2D eigenvalue weighted by Gasteiger charge is 2.03. The Labute approximate surface area is 155 Å². The average molecular weight is 364 g/mol. The van der Waals surface area contributed by atoms with Crippen LogP contribution < -0.4 is 10.2 Å². The van der Waals surface area contributed by atoms with Crippen LogP contribution in [-0.4, -0.2) is 17.2 Å². The van der Waals surface area contributed by atoms with Gasteiger partial charge in [-0.3, -0.25) is 4.79 Å². The van der Waals surface area contributed by atoms with E-state index in [2.05, 4.69) is 10.5 Å². The van der Waals surface area contributed by atoms with Crippen LogP contribution in [0.25, 0.3) is 0 Å². The Balaban J connectivity index is 1.56. The van der Waals surface area contributed by atoms with Crippen molar-refractivity contribution in [2.75, 3.05) is 0 Å². The van der Waals surface area contributed by atoms with Gasteiger partial charge in [-0.25, -0.2) is 9.82 Å². The molecule has 0 unspecified atom stereocenters. The summed E-state index contributed by atoms with van der Waals surface area (Å²) in [7, 11) is 0. The highest BCUT2D eigenvalue weighted by molar-refractivity contribution is 5.95. The first-order valence-corrected chi connectivity index (χ1v) is 8.20. The molecule has 27 heavy (non-hydrogen) atoms. The molecule has 0 spiro atoms. The Morgan fingerprint density at radius 2 is 1.81 bits per heavy atom. The predicted octanol–water partition coefficient (Wildman–Crippen LogP) is 3.87. The van der Waals surface area contributed by atoms with Crippen LogP contribution in [0.4, 0.5) is 4.39 Å². The number of ether oxygens (including phenoxy) is 1. The number of aromatic hydroxyl groups is 1. The van der Waals surface area contributed by atoms with E-state index in [9.17, 15) is 14.3 Å². The maximum absolute atomic E-state index is 12.9. The molecule has 2 N–H and O–H groups in total. The molecule has 0 heterocycles. The van der Waals surface area contributed by atoms with Gasteiger partial charge in [0, 0.05) is 5.56 Å². The van der Waals surface area contributed by atoms with E-state index in [4.69, 9.17) is 4.74 Å². The van der Waals surface area contributed by atoms with Crippen molar-refractivity contribution in [3.05, 3.63) is 95.3 Å². The standard InChI is InChI=1S/C21H17FN2O3/c22-18-8-4-15(5-9-18)14-27-20-3-1-2-16(12-20)13-23-24-21(26)17-6-10-19(25)11-7-17/h1-13,25H,14H2,(H,24,26). The zero-order chi connectivity index (χ0) is 19.1. The number of hydrogen-bond acceptors (Lipinski definition) is 4. The van der Waals surface area contributed by atoms with Crippen LogP contribution in [0.15, 0.2) is 77.9 Å². The molecule has 0 aromatic heterocycles. The predicted molar refractivity (Wildman–Crippen MR) is 100 cm³/mol. The van der Waals surface area contributed by atoms with Crippen LogP contribution in [0.1, 0.15) is 21.5 Å². The molecule has 0 aliphatic carbocycles. The number of halogens is 1. The molecule has 3 rings (SSSR count). The van der Waals surface area contributed by atoms with E-state index in [0.29, 0.717) is 17.9 Å². The lowest BCUT2D eigenvalue weighted by atomic mass is 10.2. The third-order valence-corrected chi connectivity index (χ3v) is 3.69. The molecule has 0 saturated carbocycles. The van der Waals surface area contributed by atoms with Crippen LogP contribution in [0.2, 0.25) is 0 Å². The van der Waals surface area contributed by atoms with E-state index >= 15 is 0 Å². The molecule has 0 saturated heterocycles. The van der Waals surface area contributed by atoms with E-state index in [1.54, 1.807) is 24.3 Å². The molecule has 5 nitrogen and oxygen atoms in total. The molecule has 3 aromatic carbocycles. The molecule has 0 bridgehead atoms. The summed E-state index contributed by atoms with van der Waals surface area (Å²) in [6.45, 7) is 0.318. The zero-order valence-electron chi connectivity index (χ0n) is 14.3. The fourth-order valence-corrected chi connectivity index (χ4v) is 2.27. The van der Waals surface area contributed by atoms with E-state index in [0.717, 1.165) is 11.1 Å². The normalized spacial score (nSPS) is 10.7. The smallest absolute Gasteiger partial charge is 0.271 e. The molecular weight excluding hydrogens is 347 g/mol. The number of phenolic OH excluding ortho intramolecular Hbond substituents is 1. The molecule has 0 aliphatic heterocycles. The number of benzene rings is 3. The summed E-state index contributed by atoms with van der Waals surface area (Å²) >= 11 is 0. The number of phenols is 1. The number of hydrogen-bond donors (Lipinski definition) is 2. The SMILES string of the molecule is O=C(NN=Cc1cccc(OCc2ccc(F)cc2)c1)c1ccc(O)cc1. The molecule has 6 heteroatoms. The van der Waals surface area contributed by atoms with Gasteiger partial charge in [-0.2, -0.15) is 5.10 Å². The summed E-state index contributed by atoms with van der Waals surface area (Å²) in [5, 5.41) is 13.2. The van der Waals surface area contributed by atoms with Gasteiger partial charge in [0.25, 0.3) is 5.91 Å². The Morgan fingerprint density at radius 1 is 1.07 bits per heavy atom. The number of amides is 1. The average Bonchev–Trinajstić information content (AvgIpc) is 2.68. The summed E-state index contributed by atoms with van der Waals surface area (Å²) in [6, 6.07) is 19.2. The van der Waals surface area contributed by atoms with E-state index in [1.807, 2.05) is 12.1 Å². The minimum atomic E-state index is -0.380. The zero-order valence-corrected chi connectivity index (χ0v) is 14.3. The van der Waals surface area contributed by atoms with Crippen molar-refractivity contribution in [2.45, 2.75) is 6.61 Å². The first kappa shape index (κ1) is 18.1. The monoisotopic (exact) mass is 364 g/mol. The van der Waals surface area contributed by atoms with Crippen molar-refractivity contribution >= 4 is 12.1 Å². The molecule has 0 aliphatic rings. The van der Waals surface area contributed by atoms with Gasteiger partial charge in [0.15, 0.2) is 0 Å². The number of rotatable bonds is 6. The Kier molecular flexibility index (Phi) is 5.79. The minimum Gasteiger partial charge on any atom is -0.508 e. The topological polar surface area (TPSA) is 70.9 Å². The Hall–Kier alpha value is -3.67. The largest absolute Gasteiger partial charge is 0.508 e. The first-order valence-electron chi connectivity index (χ1n) is 8.20. The van der Waals surface area contributed by atoms with Gasteiger partial charge < -0.3 is 9.84 Å². The molecule has 0 fully saturated rings. The summed E-state index contributed by atoms with van der Waals surface area (Å²) in [6.07, 6.45) is 1.50. The van der Waals surface area contributed by atoms with Crippen LogP contribution in [0.5, 0.6) is 11.5 Å². The summed E-state index contributed by atoms with van der Waals surface area (Å²) in [4.78, 5) is 11.9. The second kappa shape index (κ2) is 8.62. The van der Waals surface area contributed by atoms with Crippen LogP contribution in [-0.2, 0) is 6.61 Å². The van der Waals surface area contributed by atoms with Gasteiger partial charge in [-0.1, -0.05) is 24.3 Å². The first-order chi connectivity index (χ1) is 13.1. The number of hydrazone groups is 1. The quantitative estimate of drug-likeness (QED) is 0.515. The molecule has 0 radical (unpaired) electrons. The van der Waals surface area contributed by atoms with Crippen LogP contribution in [0, 0.1) is 5.82 Å². The second-order valence-electron chi connectivity index (χ2n) is 5.73. The molecule has 0 atom stereocenters. The number of nitrogens with one attached hydrogen (secondary N) is 1. The maximum Gasteiger partial charge on any atom is 0.271 e. The number of carbonyl (C=O) groups is 1. The van der Waals surface area contributed by atoms with Gasteiger partial charge in [0.1, 0.15) is 23.9 Å². The van der Waals surface area contributed by atoms with Gasteiger partial charge in [-0.05, 0) is 59.7 Å². The van der Waals surface area contributed by atoms with E-state index < -0.39 is 0 Å². The van der Waals surface area contributed by atoms with Gasteiger partial charge in [-0.15, -0.1) is 0 Å². The van der Waals surface area contributed by atoms with E-state index in [-0.39, 0.29) is 17.5 Å². The van der Waals surface area contributed by atoms with Crippen LogP contribution >= 0.6 is 0 Å². The van der Waals surface area contributed by atoms with Crippen LogP contribution in [0.3, 0.4) is 0 Å². The molecule has 3 aromatic rings. The lowest BCUT2D eigenvalue weighted by Gasteiger charge is -2.07. The molecule has 1 amide bonds. The third-order valence-electron chi connectivity index (χ3n) is 3.69. The number of nitrogens with zero attached hydrogens (tertiary/aromatic N) is 1. The van der Waals surface area contributed by atoms with Crippen molar-refractivity contribution < 1.29 is 19.0 Å². The summed E-state index contributed by atoms with van der Waals surface area (Å²) in [5.74, 6) is 0.0573. The van der Waals surface area contributed by atoms with Crippen molar-refractivity contribution in [1.29, 1.82) is 0 Å². The van der Waals surface area contributed by atoms with Gasteiger partial charge >= 0.3 is 0 Å². The highest BCUT2D eigenvalue weighted by Crippen LogP contribution is 2.15. The van der Waals surface area contributed by atoms with Crippen molar-refractivity contribution in [3.63, 3.8) is 0 Å². The van der Waals surface area contributed by atoms with Gasteiger partial charge in [0.2, 0.25) is 0 Å². The van der Waals surface area contributed by atoms with Gasteiger partial charge in [0.05, 0.1) is 6.21 Å². The van der Waals surface area contributed by atoms with Crippen molar-refractivity contribution in [2.24, 2.45) is 5.10 Å². The van der Waals surface area contributed by atoms with E-state index in [1.165, 1.54) is 42.6 Å². The number of carbonyl (C=O) groups excluding carboxylic acids is 1. The fraction of sp³-hybridized carbons (Fsp3) is 0.0476.